The van der Waals surface area contributed by atoms with E-state index in [1.54, 1.807) is 6.92 Å². The van der Waals surface area contributed by atoms with Crippen molar-refractivity contribution in [3.05, 3.63) is 52.8 Å². The Hall–Kier alpha value is -2.67. The highest BCUT2D eigenvalue weighted by atomic mass is 35.5. The van der Waals surface area contributed by atoms with Crippen LogP contribution in [0.2, 0.25) is 5.02 Å². The lowest BCUT2D eigenvalue weighted by Gasteiger charge is -2.30. The number of benzene rings is 1. The van der Waals surface area contributed by atoms with E-state index < -0.39 is 0 Å². The molecule has 3 aromatic rings. The molecule has 1 aliphatic heterocycles. The number of hydrogen-bond donors (Lipinski definition) is 0. The van der Waals surface area contributed by atoms with Gasteiger partial charge in [-0.3, -0.25) is 9.48 Å². The van der Waals surface area contributed by atoms with Crippen LogP contribution in [0.25, 0.3) is 11.3 Å². The smallest absolute Gasteiger partial charge is 0.244 e. The number of rotatable bonds is 5. The average Bonchev–Trinajstić information content (AvgIpc) is 3.34. The largest absolute Gasteiger partial charge is 0.425 e. The number of likely N-dealkylation sites (tertiary alicyclic amines) is 1. The zero-order valence-corrected chi connectivity index (χ0v) is 17.4. The lowest BCUT2D eigenvalue weighted by Crippen LogP contribution is -2.40. The van der Waals surface area contributed by atoms with Crippen LogP contribution in [0.1, 0.15) is 43.2 Å². The third kappa shape index (κ3) is 4.34. The van der Waals surface area contributed by atoms with Gasteiger partial charge in [-0.05, 0) is 37.5 Å². The molecule has 0 atom stereocenters. The summed E-state index contributed by atoms with van der Waals surface area (Å²) in [6, 6.07) is 9.64. The molecule has 0 bridgehead atoms. The van der Waals surface area contributed by atoms with E-state index in [0.29, 0.717) is 29.9 Å². The highest BCUT2D eigenvalue weighted by Crippen LogP contribution is 2.27. The molecular formula is C21H24ClN5O2. The van der Waals surface area contributed by atoms with E-state index in [1.807, 2.05) is 39.9 Å². The third-order valence-corrected chi connectivity index (χ3v) is 5.60. The summed E-state index contributed by atoms with van der Waals surface area (Å²) in [6.45, 7) is 5.48. The predicted molar refractivity (Wildman–Crippen MR) is 110 cm³/mol. The van der Waals surface area contributed by atoms with Crippen molar-refractivity contribution in [2.45, 2.75) is 45.6 Å². The summed E-state index contributed by atoms with van der Waals surface area (Å²) < 4.78 is 7.36. The molecule has 1 fully saturated rings. The fourth-order valence-corrected chi connectivity index (χ4v) is 3.94. The lowest BCUT2D eigenvalue weighted by molar-refractivity contribution is -0.133. The summed E-state index contributed by atoms with van der Waals surface area (Å²) in [4.78, 5) is 14.8. The molecule has 7 nitrogen and oxygen atoms in total. The van der Waals surface area contributed by atoms with Crippen LogP contribution in [0.15, 0.2) is 34.7 Å². The summed E-state index contributed by atoms with van der Waals surface area (Å²) >= 11 is 6.11. The summed E-state index contributed by atoms with van der Waals surface area (Å²) in [5.41, 5.74) is 2.82. The van der Waals surface area contributed by atoms with Crippen molar-refractivity contribution in [3.8, 4) is 11.3 Å². The molecular weight excluding hydrogens is 390 g/mol. The van der Waals surface area contributed by atoms with Gasteiger partial charge in [0.2, 0.25) is 17.7 Å². The van der Waals surface area contributed by atoms with Gasteiger partial charge in [-0.15, -0.1) is 10.2 Å². The highest BCUT2D eigenvalue weighted by Gasteiger charge is 2.27. The fourth-order valence-electron chi connectivity index (χ4n) is 3.75. The van der Waals surface area contributed by atoms with Crippen molar-refractivity contribution in [1.29, 1.82) is 0 Å². The number of aryl methyl sites for hydroxylation is 2. The minimum atomic E-state index is 0.0839. The van der Waals surface area contributed by atoms with E-state index in [-0.39, 0.29) is 18.4 Å². The first kappa shape index (κ1) is 19.6. The molecule has 1 saturated heterocycles. The third-order valence-electron chi connectivity index (χ3n) is 5.37. The number of piperidine rings is 1. The second-order valence-corrected chi connectivity index (χ2v) is 7.79. The zero-order valence-electron chi connectivity index (χ0n) is 16.6. The number of carbonyl (C=O) groups excluding carboxylic acids is 1. The maximum absolute atomic E-state index is 12.9. The minimum absolute atomic E-state index is 0.0839. The number of nitrogens with zero attached hydrogens (tertiary/aromatic N) is 5. The molecule has 1 aromatic carbocycles. The van der Waals surface area contributed by atoms with E-state index in [1.165, 1.54) is 0 Å². The Morgan fingerprint density at radius 1 is 1.24 bits per heavy atom. The monoisotopic (exact) mass is 413 g/mol. The molecule has 0 spiro atoms. The Morgan fingerprint density at radius 3 is 2.69 bits per heavy atom. The molecule has 152 valence electrons. The first-order chi connectivity index (χ1) is 14.0. The quantitative estimate of drug-likeness (QED) is 0.634. The van der Waals surface area contributed by atoms with Crippen molar-refractivity contribution in [1.82, 2.24) is 24.9 Å². The maximum atomic E-state index is 12.9. The van der Waals surface area contributed by atoms with Gasteiger partial charge in [0.05, 0.1) is 5.69 Å². The molecule has 8 heteroatoms. The van der Waals surface area contributed by atoms with E-state index in [4.69, 9.17) is 16.0 Å². The van der Waals surface area contributed by atoms with E-state index in [9.17, 15) is 4.79 Å². The molecule has 0 radical (unpaired) electrons. The Morgan fingerprint density at radius 2 is 2.03 bits per heavy atom. The first-order valence-electron chi connectivity index (χ1n) is 9.94. The zero-order chi connectivity index (χ0) is 20.4. The molecule has 0 N–H and O–H groups in total. The molecule has 3 heterocycles. The topological polar surface area (TPSA) is 77.1 Å². The predicted octanol–water partition coefficient (Wildman–Crippen LogP) is 3.86. The first-order valence-corrected chi connectivity index (χ1v) is 10.3. The average molecular weight is 414 g/mol. The van der Waals surface area contributed by atoms with Gasteiger partial charge in [0, 0.05) is 42.2 Å². The fraction of sp³-hybridized carbons (Fsp3) is 0.429. The number of aromatic nitrogens is 4. The van der Waals surface area contributed by atoms with Crippen molar-refractivity contribution in [2.24, 2.45) is 0 Å². The van der Waals surface area contributed by atoms with Gasteiger partial charge >= 0.3 is 0 Å². The Kier molecular flexibility index (Phi) is 5.67. The standard InChI is InChI=1S/C21H24ClN5O2/c1-3-18-12-19(16-5-4-6-17(22)11-16)25-27(18)13-20(28)26-9-7-15(8-10-26)21-24-23-14(2)29-21/h4-6,11-12,15H,3,7-10,13H2,1-2H3. The van der Waals surface area contributed by atoms with Gasteiger partial charge in [-0.2, -0.15) is 5.10 Å². The summed E-state index contributed by atoms with van der Waals surface area (Å²) in [5, 5.41) is 13.4. The molecule has 29 heavy (non-hydrogen) atoms. The maximum Gasteiger partial charge on any atom is 0.244 e. The van der Waals surface area contributed by atoms with Crippen LogP contribution in [0.4, 0.5) is 0 Å². The number of carbonyl (C=O) groups is 1. The van der Waals surface area contributed by atoms with E-state index in [0.717, 1.165) is 36.2 Å². The molecule has 0 unspecified atom stereocenters. The number of amides is 1. The van der Waals surface area contributed by atoms with Gasteiger partial charge in [0.25, 0.3) is 0 Å². The van der Waals surface area contributed by atoms with Gasteiger partial charge in [0.1, 0.15) is 6.54 Å². The van der Waals surface area contributed by atoms with Crippen molar-refractivity contribution >= 4 is 17.5 Å². The van der Waals surface area contributed by atoms with Crippen LogP contribution in [0, 0.1) is 6.92 Å². The second-order valence-electron chi connectivity index (χ2n) is 7.36. The summed E-state index contributed by atoms with van der Waals surface area (Å²) in [5.74, 6) is 1.58. The molecule has 1 aliphatic rings. The van der Waals surface area contributed by atoms with Gasteiger partial charge in [0.15, 0.2) is 0 Å². The van der Waals surface area contributed by atoms with E-state index in [2.05, 4.69) is 22.2 Å². The number of hydrogen-bond acceptors (Lipinski definition) is 5. The minimum Gasteiger partial charge on any atom is -0.425 e. The number of halogens is 1. The van der Waals surface area contributed by atoms with Crippen LogP contribution in [0.3, 0.4) is 0 Å². The molecule has 1 amide bonds. The van der Waals surface area contributed by atoms with Crippen molar-refractivity contribution < 1.29 is 9.21 Å². The van der Waals surface area contributed by atoms with Gasteiger partial charge in [-0.1, -0.05) is 30.7 Å². The molecule has 4 rings (SSSR count). The SMILES string of the molecule is CCc1cc(-c2cccc(Cl)c2)nn1CC(=O)N1CCC(c2nnc(C)o2)CC1. The van der Waals surface area contributed by atoms with Gasteiger partial charge < -0.3 is 9.32 Å². The lowest BCUT2D eigenvalue weighted by atomic mass is 9.97. The van der Waals surface area contributed by atoms with Crippen LogP contribution in [-0.2, 0) is 17.8 Å². The second kappa shape index (κ2) is 8.37. The van der Waals surface area contributed by atoms with Crippen LogP contribution >= 0.6 is 11.6 Å². The Balaban J connectivity index is 1.42. The Labute approximate surface area is 174 Å². The van der Waals surface area contributed by atoms with Crippen LogP contribution in [0.5, 0.6) is 0 Å². The summed E-state index contributed by atoms with van der Waals surface area (Å²) in [6.07, 6.45) is 2.47. The summed E-state index contributed by atoms with van der Waals surface area (Å²) in [7, 11) is 0. The van der Waals surface area contributed by atoms with Crippen molar-refractivity contribution in [2.75, 3.05) is 13.1 Å². The Bertz CT molecular complexity index is 1000. The normalized spacial score (nSPS) is 15.1. The molecule has 2 aromatic heterocycles. The van der Waals surface area contributed by atoms with Crippen LogP contribution in [-0.4, -0.2) is 43.9 Å². The molecule has 0 saturated carbocycles. The van der Waals surface area contributed by atoms with Crippen LogP contribution < -0.4 is 0 Å². The highest BCUT2D eigenvalue weighted by molar-refractivity contribution is 6.30. The van der Waals surface area contributed by atoms with Crippen molar-refractivity contribution in [3.63, 3.8) is 0 Å². The van der Waals surface area contributed by atoms with Gasteiger partial charge in [-0.25, -0.2) is 0 Å². The molecule has 0 aliphatic carbocycles. The van der Waals surface area contributed by atoms with E-state index >= 15 is 0 Å².